The summed E-state index contributed by atoms with van der Waals surface area (Å²) in [6, 6.07) is 0. The van der Waals surface area contributed by atoms with Gasteiger partial charge in [-0.25, -0.2) is 9.13 Å². The molecule has 3 N–H and O–H groups in total. The fraction of sp³-hybridized carbons (Fsp3) is 0.625. The summed E-state index contributed by atoms with van der Waals surface area (Å²) in [6.45, 7) is 9.62. The van der Waals surface area contributed by atoms with Crippen LogP contribution in [0, 0.1) is 0 Å². The Kier molecular flexibility index (Phi) is 11.7. The van der Waals surface area contributed by atoms with Crippen molar-refractivity contribution in [3.63, 3.8) is 0 Å². The summed E-state index contributed by atoms with van der Waals surface area (Å²) in [7, 11) is -9.82. The van der Waals surface area contributed by atoms with Crippen molar-refractivity contribution in [1.82, 2.24) is 0 Å². The highest BCUT2D eigenvalue weighted by Gasteiger charge is 2.31. The van der Waals surface area contributed by atoms with E-state index in [9.17, 15) is 9.13 Å². The van der Waals surface area contributed by atoms with Crippen LogP contribution in [0.1, 0.15) is 59.3 Å². The average Bonchev–Trinajstić information content (AvgIpc) is 2.40. The first kappa shape index (κ1) is 24.5. The van der Waals surface area contributed by atoms with Crippen molar-refractivity contribution in [1.29, 1.82) is 0 Å². The van der Waals surface area contributed by atoms with Crippen LogP contribution < -0.4 is 0 Å². The van der Waals surface area contributed by atoms with Crippen molar-refractivity contribution in [2.75, 3.05) is 6.61 Å². The average molecular weight is 396 g/mol. The Morgan fingerprint density at radius 2 is 1.52 bits per heavy atom. The van der Waals surface area contributed by atoms with E-state index in [4.69, 9.17) is 14.7 Å². The summed E-state index contributed by atoms with van der Waals surface area (Å²) < 4.78 is 30.0. The predicted octanol–water partition coefficient (Wildman–Crippen LogP) is 5.02. The van der Waals surface area contributed by atoms with Crippen LogP contribution in [0.3, 0.4) is 0 Å². The molecule has 0 amide bonds. The summed E-state index contributed by atoms with van der Waals surface area (Å²) >= 11 is 0. The number of unbranched alkanes of at least 4 members (excludes halogenated alkanes) is 1. The summed E-state index contributed by atoms with van der Waals surface area (Å²) in [5.41, 5.74) is 3.50. The van der Waals surface area contributed by atoms with Gasteiger partial charge in [-0.15, -0.1) is 6.58 Å². The Bertz CT molecular complexity index is 575. The Hall–Kier alpha value is -0.520. The maximum atomic E-state index is 11.3. The third-order valence-electron chi connectivity index (χ3n) is 3.32. The van der Waals surface area contributed by atoms with Gasteiger partial charge in [0.15, 0.2) is 0 Å². The van der Waals surface area contributed by atoms with Crippen molar-refractivity contribution < 1.29 is 32.6 Å². The lowest BCUT2D eigenvalue weighted by Gasteiger charge is -2.11. The summed E-state index contributed by atoms with van der Waals surface area (Å²) in [5.74, 6) is 0. The van der Waals surface area contributed by atoms with E-state index in [0.717, 1.165) is 44.1 Å². The maximum Gasteiger partial charge on any atom is 0.481 e. The zero-order valence-corrected chi connectivity index (χ0v) is 17.0. The van der Waals surface area contributed by atoms with Crippen molar-refractivity contribution in [2.24, 2.45) is 0 Å². The van der Waals surface area contributed by atoms with Gasteiger partial charge in [0, 0.05) is 0 Å². The molecule has 0 bridgehead atoms. The second kappa shape index (κ2) is 12.0. The van der Waals surface area contributed by atoms with Gasteiger partial charge in [0.25, 0.3) is 0 Å². The molecule has 0 spiro atoms. The van der Waals surface area contributed by atoms with E-state index in [1.807, 2.05) is 13.8 Å². The number of allylic oxidation sites excluding steroid dienone is 4. The number of rotatable bonds is 13. The van der Waals surface area contributed by atoms with E-state index in [0.29, 0.717) is 0 Å². The predicted molar refractivity (Wildman–Crippen MR) is 98.9 cm³/mol. The van der Waals surface area contributed by atoms with Gasteiger partial charge in [-0.2, -0.15) is 4.31 Å². The minimum atomic E-state index is -5.07. The molecule has 0 aromatic carbocycles. The zero-order valence-electron chi connectivity index (χ0n) is 15.2. The molecule has 0 aliphatic rings. The molecule has 0 fully saturated rings. The largest absolute Gasteiger partial charge is 0.481 e. The first-order valence-electron chi connectivity index (χ1n) is 8.11. The minimum Gasteiger partial charge on any atom is -0.302 e. The molecule has 7 nitrogen and oxygen atoms in total. The van der Waals surface area contributed by atoms with E-state index in [1.54, 1.807) is 6.08 Å². The minimum absolute atomic E-state index is 0.255. The molecular formula is C16H30O7P2. The van der Waals surface area contributed by atoms with Crippen molar-refractivity contribution in [3.05, 3.63) is 35.5 Å². The topological polar surface area (TPSA) is 113 Å². The lowest BCUT2D eigenvalue weighted by Crippen LogP contribution is -1.94. The van der Waals surface area contributed by atoms with Gasteiger partial charge in [-0.05, 0) is 59.3 Å². The number of phosphoric acid groups is 2. The standard InChI is InChI=1S/C16H30O7P2/c1-14(2)8-5-6-9-15(3)10-7-11-16(4)12-13-22-25(20,21)23-24(17,18)19/h9,12H,1,5-8,10-11,13H2,2-4H3,(H,20,21)(H2,17,18,19)/b15-9+,16-12+. The van der Waals surface area contributed by atoms with Crippen LogP contribution in [-0.2, 0) is 18.0 Å². The third kappa shape index (κ3) is 16.7. The van der Waals surface area contributed by atoms with E-state index >= 15 is 0 Å². The van der Waals surface area contributed by atoms with Crippen LogP contribution in [0.4, 0.5) is 0 Å². The van der Waals surface area contributed by atoms with E-state index < -0.39 is 15.6 Å². The highest BCUT2D eigenvalue weighted by atomic mass is 31.3. The second-order valence-electron chi connectivity index (χ2n) is 6.14. The Balaban J connectivity index is 4.05. The molecule has 25 heavy (non-hydrogen) atoms. The van der Waals surface area contributed by atoms with Crippen molar-refractivity contribution >= 4 is 15.6 Å². The van der Waals surface area contributed by atoms with Crippen LogP contribution in [0.5, 0.6) is 0 Å². The number of hydrogen-bond acceptors (Lipinski definition) is 4. The molecule has 0 aliphatic carbocycles. The molecule has 0 aromatic rings. The monoisotopic (exact) mass is 396 g/mol. The van der Waals surface area contributed by atoms with Crippen molar-refractivity contribution in [2.45, 2.75) is 59.3 Å². The van der Waals surface area contributed by atoms with Gasteiger partial charge in [-0.1, -0.05) is 28.9 Å². The van der Waals surface area contributed by atoms with Gasteiger partial charge in [-0.3, -0.25) is 4.52 Å². The van der Waals surface area contributed by atoms with Gasteiger partial charge in [0.2, 0.25) is 0 Å². The van der Waals surface area contributed by atoms with Gasteiger partial charge >= 0.3 is 15.6 Å². The third-order valence-corrected chi connectivity index (χ3v) is 5.47. The smallest absolute Gasteiger partial charge is 0.302 e. The highest BCUT2D eigenvalue weighted by Crippen LogP contribution is 2.57. The fourth-order valence-corrected chi connectivity index (χ4v) is 3.56. The molecule has 0 radical (unpaired) electrons. The first-order valence-corrected chi connectivity index (χ1v) is 11.1. The molecule has 0 saturated carbocycles. The highest BCUT2D eigenvalue weighted by molar-refractivity contribution is 7.60. The molecule has 146 valence electrons. The van der Waals surface area contributed by atoms with Gasteiger partial charge in [0.05, 0.1) is 6.61 Å². The summed E-state index contributed by atoms with van der Waals surface area (Å²) in [4.78, 5) is 26.1. The summed E-state index contributed by atoms with van der Waals surface area (Å²) in [6.07, 6.45) is 9.76. The van der Waals surface area contributed by atoms with E-state index in [2.05, 4.69) is 28.4 Å². The van der Waals surface area contributed by atoms with Gasteiger partial charge in [0.1, 0.15) is 0 Å². The van der Waals surface area contributed by atoms with Crippen LogP contribution in [0.25, 0.3) is 0 Å². The normalized spacial score (nSPS) is 15.9. The quantitative estimate of drug-likeness (QED) is 0.227. The summed E-state index contributed by atoms with van der Waals surface area (Å²) in [5, 5.41) is 0. The molecular weight excluding hydrogens is 366 g/mol. The lowest BCUT2D eigenvalue weighted by atomic mass is 10.0. The molecule has 0 saturated heterocycles. The number of hydrogen-bond donors (Lipinski definition) is 3. The van der Waals surface area contributed by atoms with Crippen LogP contribution in [-0.4, -0.2) is 21.3 Å². The van der Waals surface area contributed by atoms with Crippen LogP contribution in [0.2, 0.25) is 0 Å². The molecule has 0 aromatic heterocycles. The Morgan fingerprint density at radius 3 is 2.04 bits per heavy atom. The zero-order chi connectivity index (χ0) is 19.5. The molecule has 1 unspecified atom stereocenters. The molecule has 1 atom stereocenters. The number of phosphoric ester groups is 1. The molecule has 0 rings (SSSR count). The molecule has 0 heterocycles. The maximum absolute atomic E-state index is 11.3. The first-order chi connectivity index (χ1) is 11.4. The Morgan fingerprint density at radius 1 is 0.960 bits per heavy atom. The molecule has 0 aliphatic heterocycles. The van der Waals surface area contributed by atoms with Crippen molar-refractivity contribution in [3.8, 4) is 0 Å². The fourth-order valence-electron chi connectivity index (χ4n) is 2.03. The van der Waals surface area contributed by atoms with E-state index in [1.165, 1.54) is 11.1 Å². The van der Waals surface area contributed by atoms with E-state index in [-0.39, 0.29) is 6.61 Å². The lowest BCUT2D eigenvalue weighted by molar-refractivity contribution is 0.191. The van der Waals surface area contributed by atoms with Crippen LogP contribution >= 0.6 is 15.6 Å². The Labute approximate surface area is 150 Å². The SMILES string of the molecule is C=C(C)CCC/C=C(\C)CCC/C(C)=C/COP(=O)(O)OP(=O)(O)O. The van der Waals surface area contributed by atoms with Crippen LogP contribution in [0.15, 0.2) is 35.5 Å². The molecule has 9 heteroatoms. The second-order valence-corrected chi connectivity index (χ2v) is 8.97. The van der Waals surface area contributed by atoms with Gasteiger partial charge < -0.3 is 14.7 Å².